The molecule has 1 aromatic heterocycles. The molecule has 5 nitrogen and oxygen atoms in total. The van der Waals surface area contributed by atoms with Crippen molar-refractivity contribution in [2.75, 3.05) is 20.1 Å². The van der Waals surface area contributed by atoms with Gasteiger partial charge >= 0.3 is 0 Å². The second-order valence-corrected chi connectivity index (χ2v) is 6.36. The summed E-state index contributed by atoms with van der Waals surface area (Å²) in [5.41, 5.74) is 2.63. The van der Waals surface area contributed by atoms with Crippen LogP contribution in [-0.2, 0) is 11.2 Å². The zero-order chi connectivity index (χ0) is 18.4. The number of carbonyl (C=O) groups excluding carboxylic acids is 2. The first-order chi connectivity index (χ1) is 12.6. The molecule has 3 rings (SSSR count). The maximum Gasteiger partial charge on any atom is 0.268 e. The molecule has 2 amide bonds. The van der Waals surface area contributed by atoms with Crippen molar-refractivity contribution in [3.05, 3.63) is 71.9 Å². The van der Waals surface area contributed by atoms with Gasteiger partial charge in [-0.1, -0.05) is 48.5 Å². The Balaban J connectivity index is 1.44. The first-order valence-corrected chi connectivity index (χ1v) is 8.77. The molecule has 0 aliphatic rings. The van der Waals surface area contributed by atoms with E-state index in [0.29, 0.717) is 12.2 Å². The largest absolute Gasteiger partial charge is 0.351 e. The third-order valence-corrected chi connectivity index (χ3v) is 4.40. The molecule has 26 heavy (non-hydrogen) atoms. The summed E-state index contributed by atoms with van der Waals surface area (Å²) in [6.45, 7) is 0.659. The number of aryl methyl sites for hydroxylation is 1. The van der Waals surface area contributed by atoms with Gasteiger partial charge in [-0.05, 0) is 30.5 Å². The van der Waals surface area contributed by atoms with E-state index in [1.165, 1.54) is 5.56 Å². The second-order valence-electron chi connectivity index (χ2n) is 6.36. The molecule has 0 aliphatic carbocycles. The fourth-order valence-corrected chi connectivity index (χ4v) is 2.87. The van der Waals surface area contributed by atoms with E-state index in [0.717, 1.165) is 23.7 Å². The number of fused-ring (bicyclic) bond motifs is 1. The van der Waals surface area contributed by atoms with E-state index in [2.05, 4.69) is 22.4 Å². The smallest absolute Gasteiger partial charge is 0.268 e. The Morgan fingerprint density at radius 2 is 1.77 bits per heavy atom. The Labute approximate surface area is 153 Å². The van der Waals surface area contributed by atoms with Crippen LogP contribution in [0.2, 0.25) is 0 Å². The first kappa shape index (κ1) is 17.7. The van der Waals surface area contributed by atoms with E-state index in [9.17, 15) is 9.59 Å². The highest BCUT2D eigenvalue weighted by Crippen LogP contribution is 2.14. The van der Waals surface area contributed by atoms with Crippen LogP contribution in [0.15, 0.2) is 60.7 Å². The lowest BCUT2D eigenvalue weighted by Crippen LogP contribution is -2.38. The summed E-state index contributed by atoms with van der Waals surface area (Å²) < 4.78 is 0. The van der Waals surface area contributed by atoms with E-state index < -0.39 is 0 Å². The Bertz CT molecular complexity index is 853. The molecule has 0 saturated carbocycles. The number of amides is 2. The Morgan fingerprint density at radius 1 is 1.04 bits per heavy atom. The first-order valence-electron chi connectivity index (χ1n) is 8.77. The maximum atomic E-state index is 12.2. The van der Waals surface area contributed by atoms with Crippen LogP contribution >= 0.6 is 0 Å². The SMILES string of the molecule is CN(CCCc1ccccc1)C(=O)CNC(=O)c1cc2ccccc2[nH]1. The second kappa shape index (κ2) is 8.34. The third-order valence-electron chi connectivity index (χ3n) is 4.40. The monoisotopic (exact) mass is 349 g/mol. The van der Waals surface area contributed by atoms with Crippen LogP contribution in [0, 0.1) is 0 Å². The van der Waals surface area contributed by atoms with Gasteiger partial charge in [0.2, 0.25) is 5.91 Å². The zero-order valence-corrected chi connectivity index (χ0v) is 14.9. The van der Waals surface area contributed by atoms with Gasteiger partial charge in [-0.2, -0.15) is 0 Å². The number of aromatic nitrogens is 1. The topological polar surface area (TPSA) is 65.2 Å². The van der Waals surface area contributed by atoms with E-state index in [-0.39, 0.29) is 18.4 Å². The lowest BCUT2D eigenvalue weighted by atomic mass is 10.1. The molecule has 2 N–H and O–H groups in total. The predicted molar refractivity (Wildman–Crippen MR) is 103 cm³/mol. The van der Waals surface area contributed by atoms with Crippen molar-refractivity contribution in [2.24, 2.45) is 0 Å². The fraction of sp³-hybridized carbons (Fsp3) is 0.238. The summed E-state index contributed by atoms with van der Waals surface area (Å²) in [5, 5.41) is 3.66. The number of hydrogen-bond acceptors (Lipinski definition) is 2. The number of benzene rings is 2. The minimum absolute atomic E-state index is 0.00393. The predicted octanol–water partition coefficient (Wildman–Crippen LogP) is 2.99. The number of aromatic amines is 1. The van der Waals surface area contributed by atoms with Crippen LogP contribution in [0.4, 0.5) is 0 Å². The molecule has 0 spiro atoms. The van der Waals surface area contributed by atoms with E-state index in [1.54, 1.807) is 18.0 Å². The van der Waals surface area contributed by atoms with Gasteiger partial charge in [0.1, 0.15) is 5.69 Å². The molecule has 0 fully saturated rings. The van der Waals surface area contributed by atoms with Crippen LogP contribution < -0.4 is 5.32 Å². The van der Waals surface area contributed by atoms with Crippen LogP contribution in [0.1, 0.15) is 22.5 Å². The van der Waals surface area contributed by atoms with Gasteiger partial charge in [-0.25, -0.2) is 0 Å². The Hall–Kier alpha value is -3.08. The van der Waals surface area contributed by atoms with Crippen LogP contribution in [0.25, 0.3) is 10.9 Å². The highest BCUT2D eigenvalue weighted by Gasteiger charge is 2.13. The zero-order valence-electron chi connectivity index (χ0n) is 14.9. The highest BCUT2D eigenvalue weighted by molar-refractivity contribution is 5.99. The normalized spacial score (nSPS) is 10.7. The van der Waals surface area contributed by atoms with Crippen LogP contribution in [-0.4, -0.2) is 41.8 Å². The van der Waals surface area contributed by atoms with E-state index >= 15 is 0 Å². The molecule has 0 atom stereocenters. The minimum Gasteiger partial charge on any atom is -0.351 e. The van der Waals surface area contributed by atoms with Gasteiger partial charge in [0.05, 0.1) is 6.54 Å². The summed E-state index contributed by atoms with van der Waals surface area (Å²) >= 11 is 0. The molecule has 0 aliphatic heterocycles. The molecule has 3 aromatic rings. The van der Waals surface area contributed by atoms with Crippen LogP contribution in [0.3, 0.4) is 0 Å². The molecule has 2 aromatic carbocycles. The quantitative estimate of drug-likeness (QED) is 0.689. The number of carbonyl (C=O) groups is 2. The summed E-state index contributed by atoms with van der Waals surface area (Å²) in [7, 11) is 1.77. The van der Waals surface area contributed by atoms with Gasteiger partial charge < -0.3 is 15.2 Å². The number of hydrogen-bond donors (Lipinski definition) is 2. The van der Waals surface area contributed by atoms with Crippen molar-refractivity contribution in [1.29, 1.82) is 0 Å². The van der Waals surface area contributed by atoms with Crippen molar-refractivity contribution in [1.82, 2.24) is 15.2 Å². The lowest BCUT2D eigenvalue weighted by Gasteiger charge is -2.17. The number of H-pyrrole nitrogens is 1. The van der Waals surface area contributed by atoms with Gasteiger partial charge in [-0.15, -0.1) is 0 Å². The van der Waals surface area contributed by atoms with Crippen LogP contribution in [0.5, 0.6) is 0 Å². The van der Waals surface area contributed by atoms with Gasteiger partial charge in [-0.3, -0.25) is 9.59 Å². The lowest BCUT2D eigenvalue weighted by molar-refractivity contribution is -0.128. The van der Waals surface area contributed by atoms with Gasteiger partial charge in [0.25, 0.3) is 5.91 Å². The van der Waals surface area contributed by atoms with Crippen molar-refractivity contribution >= 4 is 22.7 Å². The van der Waals surface area contributed by atoms with Crippen molar-refractivity contribution < 1.29 is 9.59 Å². The van der Waals surface area contributed by atoms with Gasteiger partial charge in [0, 0.05) is 24.5 Å². The van der Waals surface area contributed by atoms with Crippen molar-refractivity contribution in [3.8, 4) is 0 Å². The molecule has 0 bridgehead atoms. The Kier molecular flexibility index (Phi) is 5.69. The molecule has 1 heterocycles. The number of likely N-dealkylation sites (N-methyl/N-ethyl adjacent to an activating group) is 1. The summed E-state index contributed by atoms with van der Waals surface area (Å²) in [6.07, 6.45) is 1.82. The molecular formula is C21H23N3O2. The third kappa shape index (κ3) is 4.51. The summed E-state index contributed by atoms with van der Waals surface area (Å²) in [4.78, 5) is 29.1. The number of nitrogens with one attached hydrogen (secondary N) is 2. The molecule has 134 valence electrons. The van der Waals surface area contributed by atoms with E-state index in [1.807, 2.05) is 42.5 Å². The average Bonchev–Trinajstić information content (AvgIpc) is 3.11. The summed E-state index contributed by atoms with van der Waals surface area (Å²) in [6, 6.07) is 19.7. The average molecular weight is 349 g/mol. The van der Waals surface area contributed by atoms with Crippen molar-refractivity contribution in [2.45, 2.75) is 12.8 Å². The highest BCUT2D eigenvalue weighted by atomic mass is 16.2. The van der Waals surface area contributed by atoms with E-state index in [4.69, 9.17) is 0 Å². The van der Waals surface area contributed by atoms with Gasteiger partial charge in [0.15, 0.2) is 0 Å². The fourth-order valence-electron chi connectivity index (χ4n) is 2.87. The summed E-state index contributed by atoms with van der Waals surface area (Å²) in [5.74, 6) is -0.366. The van der Waals surface area contributed by atoms with Crippen molar-refractivity contribution in [3.63, 3.8) is 0 Å². The minimum atomic E-state index is -0.271. The molecule has 0 radical (unpaired) electrons. The number of para-hydroxylation sites is 1. The molecule has 0 unspecified atom stereocenters. The molecule has 5 heteroatoms. The molecule has 0 saturated heterocycles. The molecular weight excluding hydrogens is 326 g/mol. The standard InChI is InChI=1S/C21H23N3O2/c1-24(13-7-10-16-8-3-2-4-9-16)20(25)15-22-21(26)19-14-17-11-5-6-12-18(17)23-19/h2-6,8-9,11-12,14,23H,7,10,13,15H2,1H3,(H,22,26). The maximum absolute atomic E-state index is 12.2. The number of rotatable bonds is 7. The Morgan fingerprint density at radius 3 is 2.54 bits per heavy atom. The number of nitrogens with zero attached hydrogens (tertiary/aromatic N) is 1.